The van der Waals surface area contributed by atoms with Crippen LogP contribution in [0.5, 0.6) is 5.75 Å². The molecule has 4 nitrogen and oxygen atoms in total. The van der Waals surface area contributed by atoms with E-state index in [1.54, 1.807) is 7.11 Å². The highest BCUT2D eigenvalue weighted by Crippen LogP contribution is 2.33. The van der Waals surface area contributed by atoms with Crippen LogP contribution in [0.15, 0.2) is 6.07 Å². The highest BCUT2D eigenvalue weighted by atomic mass is 35.5. The summed E-state index contributed by atoms with van der Waals surface area (Å²) < 4.78 is 5.52. The number of carbonyl (C=O) groups is 1. The molecule has 1 aliphatic rings. The van der Waals surface area contributed by atoms with Crippen LogP contribution in [0.3, 0.4) is 0 Å². The first-order chi connectivity index (χ1) is 10.5. The summed E-state index contributed by atoms with van der Waals surface area (Å²) >= 11 is 6.27. The maximum absolute atomic E-state index is 12.4. The first-order valence-electron chi connectivity index (χ1n) is 7.85. The average molecular weight is 325 g/mol. The standard InChI is InChI=1S/C17H25ClN2O2/c1-12-11-15(18)13(2)14(17(12)22-3)5-6-16(21)20-9-4-7-19-8-10-20/h11,19H,4-10H2,1-3H3. The Kier molecular flexibility index (Phi) is 6.09. The van der Waals surface area contributed by atoms with Crippen molar-refractivity contribution in [3.05, 3.63) is 27.8 Å². The minimum atomic E-state index is 0.211. The van der Waals surface area contributed by atoms with Crippen LogP contribution in [-0.4, -0.2) is 44.1 Å². The van der Waals surface area contributed by atoms with Gasteiger partial charge in [0.2, 0.25) is 5.91 Å². The summed E-state index contributed by atoms with van der Waals surface area (Å²) in [5.74, 6) is 1.06. The Morgan fingerprint density at radius 3 is 2.86 bits per heavy atom. The number of amides is 1. The largest absolute Gasteiger partial charge is 0.496 e. The van der Waals surface area contributed by atoms with Crippen LogP contribution in [0.25, 0.3) is 0 Å². The van der Waals surface area contributed by atoms with E-state index < -0.39 is 0 Å². The number of rotatable bonds is 4. The molecule has 0 bridgehead atoms. The number of aryl methyl sites for hydroxylation is 1. The van der Waals surface area contributed by atoms with Gasteiger partial charge in [0.05, 0.1) is 7.11 Å². The first-order valence-corrected chi connectivity index (χ1v) is 8.23. The molecule has 1 aromatic rings. The van der Waals surface area contributed by atoms with Gasteiger partial charge in [-0.05, 0) is 56.0 Å². The molecule has 122 valence electrons. The molecular weight excluding hydrogens is 300 g/mol. The second-order valence-corrected chi connectivity index (χ2v) is 6.20. The quantitative estimate of drug-likeness (QED) is 0.926. The van der Waals surface area contributed by atoms with E-state index >= 15 is 0 Å². The van der Waals surface area contributed by atoms with Crippen LogP contribution in [0, 0.1) is 13.8 Å². The summed E-state index contributed by atoms with van der Waals surface area (Å²) in [6.07, 6.45) is 2.18. The summed E-state index contributed by atoms with van der Waals surface area (Å²) in [6, 6.07) is 1.92. The van der Waals surface area contributed by atoms with Crippen molar-refractivity contribution in [1.29, 1.82) is 0 Å². The second kappa shape index (κ2) is 7.84. The van der Waals surface area contributed by atoms with Crippen molar-refractivity contribution < 1.29 is 9.53 Å². The van der Waals surface area contributed by atoms with Gasteiger partial charge in [0.15, 0.2) is 0 Å². The van der Waals surface area contributed by atoms with Crippen molar-refractivity contribution in [3.63, 3.8) is 0 Å². The zero-order chi connectivity index (χ0) is 16.1. The smallest absolute Gasteiger partial charge is 0.222 e. The van der Waals surface area contributed by atoms with Crippen molar-refractivity contribution in [2.75, 3.05) is 33.3 Å². The van der Waals surface area contributed by atoms with Gasteiger partial charge in [0.25, 0.3) is 0 Å². The van der Waals surface area contributed by atoms with Crippen LogP contribution in [0.4, 0.5) is 0 Å². The molecule has 0 radical (unpaired) electrons. The summed E-state index contributed by atoms with van der Waals surface area (Å²) in [5, 5.41) is 4.05. The number of nitrogens with zero attached hydrogens (tertiary/aromatic N) is 1. The highest BCUT2D eigenvalue weighted by molar-refractivity contribution is 6.31. The normalized spacial score (nSPS) is 15.5. The van der Waals surface area contributed by atoms with Crippen LogP contribution < -0.4 is 10.1 Å². The molecule has 1 aromatic carbocycles. The predicted octanol–water partition coefficient (Wildman–Crippen LogP) is 2.72. The third-order valence-electron chi connectivity index (χ3n) is 4.27. The molecule has 1 N–H and O–H groups in total. The molecule has 1 fully saturated rings. The molecular formula is C17H25ClN2O2. The van der Waals surface area contributed by atoms with Gasteiger partial charge in [0, 0.05) is 31.1 Å². The molecule has 2 rings (SSSR count). The Morgan fingerprint density at radius 2 is 2.14 bits per heavy atom. The van der Waals surface area contributed by atoms with Crippen molar-refractivity contribution in [1.82, 2.24) is 10.2 Å². The fourth-order valence-corrected chi connectivity index (χ4v) is 3.26. The van der Waals surface area contributed by atoms with Crippen LogP contribution in [0.1, 0.15) is 29.5 Å². The summed E-state index contributed by atoms with van der Waals surface area (Å²) in [7, 11) is 1.67. The number of benzene rings is 1. The van der Waals surface area contributed by atoms with Crippen LogP contribution in [0.2, 0.25) is 5.02 Å². The summed E-state index contributed by atoms with van der Waals surface area (Å²) in [6.45, 7) is 7.48. The van der Waals surface area contributed by atoms with Gasteiger partial charge >= 0.3 is 0 Å². The number of carbonyl (C=O) groups excluding carboxylic acids is 1. The third-order valence-corrected chi connectivity index (χ3v) is 4.66. The van der Waals surface area contributed by atoms with Crippen molar-refractivity contribution in [3.8, 4) is 5.75 Å². The lowest BCUT2D eigenvalue weighted by atomic mass is 9.99. The minimum absolute atomic E-state index is 0.211. The zero-order valence-electron chi connectivity index (χ0n) is 13.7. The Hall–Kier alpha value is -1.26. The number of ether oxygens (including phenoxy) is 1. The van der Waals surface area contributed by atoms with E-state index in [2.05, 4.69) is 5.32 Å². The Bertz CT molecular complexity index is 538. The number of nitrogens with one attached hydrogen (secondary N) is 1. The summed E-state index contributed by atoms with van der Waals surface area (Å²) in [4.78, 5) is 14.4. The maximum Gasteiger partial charge on any atom is 0.222 e. The lowest BCUT2D eigenvalue weighted by molar-refractivity contribution is -0.130. The Morgan fingerprint density at radius 1 is 1.36 bits per heavy atom. The topological polar surface area (TPSA) is 41.6 Å². The average Bonchev–Trinajstić information content (AvgIpc) is 2.78. The molecule has 5 heteroatoms. The zero-order valence-corrected chi connectivity index (χ0v) is 14.4. The number of halogens is 1. The molecule has 1 amide bonds. The monoisotopic (exact) mass is 324 g/mol. The molecule has 0 unspecified atom stereocenters. The lowest BCUT2D eigenvalue weighted by Gasteiger charge is -2.21. The van der Waals surface area contributed by atoms with E-state index in [0.717, 1.165) is 60.1 Å². The molecule has 0 aliphatic carbocycles. The third kappa shape index (κ3) is 3.93. The van der Waals surface area contributed by atoms with E-state index in [0.29, 0.717) is 12.8 Å². The van der Waals surface area contributed by atoms with Crippen LogP contribution in [-0.2, 0) is 11.2 Å². The van der Waals surface area contributed by atoms with E-state index in [4.69, 9.17) is 16.3 Å². The second-order valence-electron chi connectivity index (χ2n) is 5.80. The molecule has 22 heavy (non-hydrogen) atoms. The lowest BCUT2D eigenvalue weighted by Crippen LogP contribution is -2.34. The van der Waals surface area contributed by atoms with Gasteiger partial charge in [-0.15, -0.1) is 0 Å². The molecule has 0 spiro atoms. The first kappa shape index (κ1) is 17.1. The summed E-state index contributed by atoms with van der Waals surface area (Å²) in [5.41, 5.74) is 3.07. The number of methoxy groups -OCH3 is 1. The van der Waals surface area contributed by atoms with Crippen molar-refractivity contribution in [2.45, 2.75) is 33.1 Å². The number of hydrogen-bond donors (Lipinski definition) is 1. The molecule has 0 atom stereocenters. The molecule has 1 saturated heterocycles. The van der Waals surface area contributed by atoms with Gasteiger partial charge in [-0.3, -0.25) is 4.79 Å². The van der Waals surface area contributed by atoms with E-state index in [9.17, 15) is 4.79 Å². The molecule has 1 aliphatic heterocycles. The van der Waals surface area contributed by atoms with Gasteiger partial charge in [0.1, 0.15) is 5.75 Å². The fraction of sp³-hybridized carbons (Fsp3) is 0.588. The van der Waals surface area contributed by atoms with Crippen molar-refractivity contribution >= 4 is 17.5 Å². The van der Waals surface area contributed by atoms with Gasteiger partial charge in [-0.25, -0.2) is 0 Å². The van der Waals surface area contributed by atoms with Crippen molar-refractivity contribution in [2.24, 2.45) is 0 Å². The van der Waals surface area contributed by atoms with Gasteiger partial charge in [-0.2, -0.15) is 0 Å². The molecule has 0 aromatic heterocycles. The SMILES string of the molecule is COc1c(C)cc(Cl)c(C)c1CCC(=O)N1CCCNCC1. The fourth-order valence-electron chi connectivity index (χ4n) is 2.99. The molecule has 0 saturated carbocycles. The Balaban J connectivity index is 2.09. The minimum Gasteiger partial charge on any atom is -0.496 e. The van der Waals surface area contributed by atoms with E-state index in [-0.39, 0.29) is 5.91 Å². The van der Waals surface area contributed by atoms with Gasteiger partial charge in [-0.1, -0.05) is 11.6 Å². The predicted molar refractivity (Wildman–Crippen MR) is 89.9 cm³/mol. The van der Waals surface area contributed by atoms with Crippen LogP contribution >= 0.6 is 11.6 Å². The maximum atomic E-state index is 12.4. The van der Waals surface area contributed by atoms with E-state index in [1.807, 2.05) is 24.8 Å². The van der Waals surface area contributed by atoms with Gasteiger partial charge < -0.3 is 15.0 Å². The molecule has 1 heterocycles. The van der Waals surface area contributed by atoms with E-state index in [1.165, 1.54) is 0 Å². The Labute approximate surface area is 137 Å². The number of hydrogen-bond acceptors (Lipinski definition) is 3. The highest BCUT2D eigenvalue weighted by Gasteiger charge is 2.18.